The van der Waals surface area contributed by atoms with Gasteiger partial charge in [-0.3, -0.25) is 9.59 Å². The van der Waals surface area contributed by atoms with E-state index in [0.717, 1.165) is 0 Å². The minimum absolute atomic E-state index is 0.0855. The Bertz CT molecular complexity index is 866. The van der Waals surface area contributed by atoms with Gasteiger partial charge in [0.15, 0.2) is 0 Å². The van der Waals surface area contributed by atoms with Gasteiger partial charge >= 0.3 is 0 Å². The summed E-state index contributed by atoms with van der Waals surface area (Å²) < 4.78 is 26.8. The van der Waals surface area contributed by atoms with Crippen LogP contribution in [0.15, 0.2) is 59.5 Å². The standard InChI is InChI=1S/C17H19N3O4S/c1-12(20-25(23,24)16-9-4-3-5-10-16)17(22)19-15-8-6-7-14(11-15)18-13(2)21/h3-12,20H,1-2H3,(H,18,21)(H,19,22)/t12-/m1/s1. The molecule has 0 radical (unpaired) electrons. The second-order valence-electron chi connectivity index (χ2n) is 5.41. The molecule has 0 spiro atoms. The zero-order valence-electron chi connectivity index (χ0n) is 13.8. The molecule has 2 rings (SSSR count). The number of carbonyl (C=O) groups is 2. The zero-order valence-corrected chi connectivity index (χ0v) is 14.6. The quantitative estimate of drug-likeness (QED) is 0.731. The highest BCUT2D eigenvalue weighted by Gasteiger charge is 2.21. The Morgan fingerprint density at radius 1 is 0.920 bits per heavy atom. The Kier molecular flexibility index (Phi) is 5.89. The molecular formula is C17H19N3O4S. The van der Waals surface area contributed by atoms with Gasteiger partial charge in [0, 0.05) is 18.3 Å². The predicted molar refractivity (Wildman–Crippen MR) is 95.6 cm³/mol. The van der Waals surface area contributed by atoms with Crippen LogP contribution in [0.5, 0.6) is 0 Å². The molecule has 0 aliphatic carbocycles. The Balaban J connectivity index is 2.04. The monoisotopic (exact) mass is 361 g/mol. The number of rotatable bonds is 6. The summed E-state index contributed by atoms with van der Waals surface area (Å²) in [5, 5.41) is 5.22. The summed E-state index contributed by atoms with van der Waals surface area (Å²) in [4.78, 5) is 23.4. The third kappa shape index (κ3) is 5.40. The molecule has 8 heteroatoms. The third-order valence-corrected chi connectivity index (χ3v) is 4.79. The summed E-state index contributed by atoms with van der Waals surface area (Å²) in [5.74, 6) is -0.744. The van der Waals surface area contributed by atoms with Crippen LogP contribution < -0.4 is 15.4 Å². The molecule has 2 aromatic rings. The Morgan fingerprint density at radius 3 is 2.12 bits per heavy atom. The summed E-state index contributed by atoms with van der Waals surface area (Å²) >= 11 is 0. The van der Waals surface area contributed by atoms with E-state index in [1.54, 1.807) is 42.5 Å². The first-order chi connectivity index (χ1) is 11.8. The maximum absolute atomic E-state index is 12.2. The maximum atomic E-state index is 12.2. The van der Waals surface area contributed by atoms with Crippen LogP contribution in [0.3, 0.4) is 0 Å². The van der Waals surface area contributed by atoms with Gasteiger partial charge in [0.1, 0.15) is 0 Å². The van der Waals surface area contributed by atoms with Gasteiger partial charge in [0.05, 0.1) is 10.9 Å². The molecule has 132 valence electrons. The fourth-order valence-electron chi connectivity index (χ4n) is 2.08. The normalized spacial score (nSPS) is 12.2. The van der Waals surface area contributed by atoms with Gasteiger partial charge in [0.25, 0.3) is 0 Å². The van der Waals surface area contributed by atoms with Crippen LogP contribution in [0.25, 0.3) is 0 Å². The highest BCUT2D eigenvalue weighted by Crippen LogP contribution is 2.15. The zero-order chi connectivity index (χ0) is 18.4. The highest BCUT2D eigenvalue weighted by atomic mass is 32.2. The molecule has 0 bridgehead atoms. The summed E-state index contributed by atoms with van der Waals surface area (Å²) in [6.45, 7) is 2.83. The largest absolute Gasteiger partial charge is 0.326 e. The number of hydrogen-bond donors (Lipinski definition) is 3. The Labute approximate surface area is 146 Å². The van der Waals surface area contributed by atoms with Crippen molar-refractivity contribution in [2.24, 2.45) is 0 Å². The van der Waals surface area contributed by atoms with E-state index in [4.69, 9.17) is 0 Å². The van der Waals surface area contributed by atoms with Crippen molar-refractivity contribution in [3.05, 3.63) is 54.6 Å². The van der Waals surface area contributed by atoms with Crippen molar-refractivity contribution in [1.29, 1.82) is 0 Å². The van der Waals surface area contributed by atoms with Gasteiger partial charge in [0.2, 0.25) is 21.8 Å². The molecule has 3 N–H and O–H groups in total. The van der Waals surface area contributed by atoms with Crippen molar-refractivity contribution in [3.63, 3.8) is 0 Å². The van der Waals surface area contributed by atoms with E-state index in [9.17, 15) is 18.0 Å². The van der Waals surface area contributed by atoms with E-state index < -0.39 is 22.0 Å². The fraction of sp³-hybridized carbons (Fsp3) is 0.176. The van der Waals surface area contributed by atoms with Gasteiger partial charge in [-0.1, -0.05) is 24.3 Å². The van der Waals surface area contributed by atoms with Crippen LogP contribution in [0, 0.1) is 0 Å². The Morgan fingerprint density at radius 2 is 1.52 bits per heavy atom. The maximum Gasteiger partial charge on any atom is 0.242 e. The average Bonchev–Trinajstić information content (AvgIpc) is 2.55. The summed E-state index contributed by atoms with van der Waals surface area (Å²) in [5.41, 5.74) is 0.977. The number of anilines is 2. The molecule has 0 saturated heterocycles. The number of benzene rings is 2. The lowest BCUT2D eigenvalue weighted by Gasteiger charge is -2.15. The molecule has 0 fully saturated rings. The first-order valence-corrected chi connectivity index (χ1v) is 9.02. The molecule has 1 atom stereocenters. The molecule has 0 saturated carbocycles. The van der Waals surface area contributed by atoms with Gasteiger partial charge in [-0.15, -0.1) is 0 Å². The van der Waals surface area contributed by atoms with Crippen molar-refractivity contribution in [2.45, 2.75) is 24.8 Å². The van der Waals surface area contributed by atoms with Crippen LogP contribution in [-0.2, 0) is 19.6 Å². The van der Waals surface area contributed by atoms with E-state index in [0.29, 0.717) is 11.4 Å². The van der Waals surface area contributed by atoms with Gasteiger partial charge in [-0.25, -0.2) is 8.42 Å². The second-order valence-corrected chi connectivity index (χ2v) is 7.12. The van der Waals surface area contributed by atoms with Gasteiger partial charge < -0.3 is 10.6 Å². The highest BCUT2D eigenvalue weighted by molar-refractivity contribution is 7.89. The van der Waals surface area contributed by atoms with E-state index in [-0.39, 0.29) is 10.8 Å². The van der Waals surface area contributed by atoms with Crippen LogP contribution in [-0.4, -0.2) is 26.3 Å². The van der Waals surface area contributed by atoms with Crippen molar-refractivity contribution >= 4 is 33.2 Å². The lowest BCUT2D eigenvalue weighted by molar-refractivity contribution is -0.117. The molecule has 7 nitrogen and oxygen atoms in total. The number of amides is 2. The topological polar surface area (TPSA) is 104 Å². The smallest absolute Gasteiger partial charge is 0.242 e. The van der Waals surface area contributed by atoms with Crippen molar-refractivity contribution in [3.8, 4) is 0 Å². The van der Waals surface area contributed by atoms with E-state index in [1.807, 2.05) is 0 Å². The molecule has 0 heterocycles. The molecule has 2 aromatic carbocycles. The van der Waals surface area contributed by atoms with Crippen molar-refractivity contribution in [2.75, 3.05) is 10.6 Å². The molecule has 0 unspecified atom stereocenters. The number of nitrogens with one attached hydrogen (secondary N) is 3. The van der Waals surface area contributed by atoms with Crippen molar-refractivity contribution in [1.82, 2.24) is 4.72 Å². The first-order valence-electron chi connectivity index (χ1n) is 7.54. The predicted octanol–water partition coefficient (Wildman–Crippen LogP) is 1.95. The van der Waals surface area contributed by atoms with Crippen LogP contribution >= 0.6 is 0 Å². The second kappa shape index (κ2) is 7.91. The first kappa shape index (κ1) is 18.6. The summed E-state index contributed by atoms with van der Waals surface area (Å²) in [7, 11) is -3.79. The van der Waals surface area contributed by atoms with Crippen molar-refractivity contribution < 1.29 is 18.0 Å². The third-order valence-electron chi connectivity index (χ3n) is 3.23. The lowest BCUT2D eigenvalue weighted by Crippen LogP contribution is -2.41. The SMILES string of the molecule is CC(=O)Nc1cccc(NC(=O)[C@@H](C)NS(=O)(=O)c2ccccc2)c1. The number of sulfonamides is 1. The number of hydrogen-bond acceptors (Lipinski definition) is 4. The van der Waals surface area contributed by atoms with E-state index in [1.165, 1.54) is 26.0 Å². The van der Waals surface area contributed by atoms with Crippen LogP contribution in [0.4, 0.5) is 11.4 Å². The van der Waals surface area contributed by atoms with E-state index in [2.05, 4.69) is 15.4 Å². The average molecular weight is 361 g/mol. The molecule has 0 aromatic heterocycles. The minimum Gasteiger partial charge on any atom is -0.326 e. The lowest BCUT2D eigenvalue weighted by atomic mass is 10.2. The van der Waals surface area contributed by atoms with Gasteiger partial charge in [-0.05, 0) is 37.3 Å². The number of carbonyl (C=O) groups excluding carboxylic acids is 2. The fourth-order valence-corrected chi connectivity index (χ4v) is 3.31. The molecule has 2 amide bonds. The minimum atomic E-state index is -3.79. The Hall–Kier alpha value is -2.71. The van der Waals surface area contributed by atoms with Crippen LogP contribution in [0.1, 0.15) is 13.8 Å². The molecule has 25 heavy (non-hydrogen) atoms. The van der Waals surface area contributed by atoms with Crippen LogP contribution in [0.2, 0.25) is 0 Å². The molecule has 0 aliphatic heterocycles. The van der Waals surface area contributed by atoms with Gasteiger partial charge in [-0.2, -0.15) is 4.72 Å². The molecular weight excluding hydrogens is 342 g/mol. The summed E-state index contributed by atoms with van der Waals surface area (Å²) in [6, 6.07) is 13.4. The summed E-state index contributed by atoms with van der Waals surface area (Å²) in [6.07, 6.45) is 0. The van der Waals surface area contributed by atoms with E-state index >= 15 is 0 Å². The molecule has 0 aliphatic rings.